The van der Waals surface area contributed by atoms with E-state index in [1.165, 1.54) is 10.5 Å². The molecule has 0 saturated heterocycles. The van der Waals surface area contributed by atoms with Gasteiger partial charge in [0.1, 0.15) is 11.4 Å². The van der Waals surface area contributed by atoms with Gasteiger partial charge in [0.05, 0.1) is 18.4 Å². The molecular weight excluding hydrogens is 424 g/mol. The fourth-order valence-corrected chi connectivity index (χ4v) is 4.63. The summed E-state index contributed by atoms with van der Waals surface area (Å²) in [4.78, 5) is 30.7. The summed E-state index contributed by atoms with van der Waals surface area (Å²) in [5.74, 6) is -0.181. The van der Waals surface area contributed by atoms with E-state index in [1.807, 2.05) is 35.2 Å². The van der Waals surface area contributed by atoms with Crippen LogP contribution in [0.25, 0.3) is 5.57 Å². The van der Waals surface area contributed by atoms with Gasteiger partial charge in [0.25, 0.3) is 11.8 Å². The average molecular weight is 445 g/mol. The molecule has 2 aliphatic rings. The van der Waals surface area contributed by atoms with Gasteiger partial charge in [0.2, 0.25) is 0 Å². The maximum absolute atomic E-state index is 13.7. The van der Waals surface area contributed by atoms with Crippen molar-refractivity contribution in [3.8, 4) is 5.75 Å². The zero-order valence-corrected chi connectivity index (χ0v) is 18.3. The van der Waals surface area contributed by atoms with Gasteiger partial charge in [0.15, 0.2) is 0 Å². The molecule has 2 amide bonds. The summed E-state index contributed by atoms with van der Waals surface area (Å²) in [6.45, 7) is 1.21. The van der Waals surface area contributed by atoms with Crippen LogP contribution in [0.15, 0.2) is 78.5 Å². The second-order valence-electron chi connectivity index (χ2n) is 7.79. The zero-order chi connectivity index (χ0) is 22.2. The van der Waals surface area contributed by atoms with Crippen LogP contribution in [0.4, 0.5) is 5.69 Å². The smallest absolute Gasteiger partial charge is 0.282 e. The molecule has 0 aromatic heterocycles. The van der Waals surface area contributed by atoms with Crippen LogP contribution < -0.4 is 9.64 Å². The number of carbonyl (C=O) groups excluding carboxylic acids is 2. The first-order valence-corrected chi connectivity index (χ1v) is 10.8. The minimum atomic E-state index is -0.379. The van der Waals surface area contributed by atoms with Gasteiger partial charge < -0.3 is 9.64 Å². The molecule has 0 bridgehead atoms. The van der Waals surface area contributed by atoms with Gasteiger partial charge in [0, 0.05) is 23.7 Å². The van der Waals surface area contributed by atoms with Crippen LogP contribution in [-0.4, -0.2) is 30.4 Å². The molecule has 0 fully saturated rings. The van der Waals surface area contributed by atoms with Crippen molar-refractivity contribution in [1.29, 1.82) is 0 Å². The summed E-state index contributed by atoms with van der Waals surface area (Å²) in [6, 6.07) is 22.3. The minimum absolute atomic E-state index is 0.349. The summed E-state index contributed by atoms with van der Waals surface area (Å²) >= 11 is 6.17. The van der Waals surface area contributed by atoms with Crippen LogP contribution in [0.2, 0.25) is 5.02 Å². The first kappa shape index (κ1) is 20.3. The lowest BCUT2D eigenvalue weighted by Gasteiger charge is -2.31. The van der Waals surface area contributed by atoms with E-state index in [-0.39, 0.29) is 11.8 Å². The van der Waals surface area contributed by atoms with Crippen LogP contribution in [0.5, 0.6) is 5.75 Å². The number of imide groups is 1. The molecule has 0 spiro atoms. The van der Waals surface area contributed by atoms with Gasteiger partial charge in [-0.25, -0.2) is 4.90 Å². The molecular formula is C26H21ClN2O3. The first-order chi connectivity index (χ1) is 15.6. The number of fused-ring (bicyclic) bond motifs is 1. The Hall–Kier alpha value is -3.57. The highest BCUT2D eigenvalue weighted by atomic mass is 35.5. The number of halogens is 1. The molecule has 0 aliphatic carbocycles. The topological polar surface area (TPSA) is 49.9 Å². The second kappa shape index (κ2) is 8.17. The molecule has 6 heteroatoms. The highest BCUT2D eigenvalue weighted by Crippen LogP contribution is 2.39. The monoisotopic (exact) mass is 444 g/mol. The van der Waals surface area contributed by atoms with Gasteiger partial charge in [-0.05, 0) is 41.8 Å². The Morgan fingerprint density at radius 1 is 0.875 bits per heavy atom. The number of amides is 2. The Morgan fingerprint density at radius 3 is 2.41 bits per heavy atom. The van der Waals surface area contributed by atoms with Crippen molar-refractivity contribution in [3.63, 3.8) is 0 Å². The summed E-state index contributed by atoms with van der Waals surface area (Å²) < 4.78 is 5.54. The Morgan fingerprint density at radius 2 is 1.62 bits per heavy atom. The van der Waals surface area contributed by atoms with Crippen molar-refractivity contribution >= 4 is 34.7 Å². The van der Waals surface area contributed by atoms with E-state index < -0.39 is 0 Å². The van der Waals surface area contributed by atoms with Gasteiger partial charge in [-0.3, -0.25) is 9.59 Å². The minimum Gasteiger partial charge on any atom is -0.496 e. The summed E-state index contributed by atoms with van der Waals surface area (Å²) in [7, 11) is 1.56. The number of para-hydroxylation sites is 1. The molecule has 32 heavy (non-hydrogen) atoms. The molecule has 0 atom stereocenters. The average Bonchev–Trinajstić information content (AvgIpc) is 3.08. The predicted molar refractivity (Wildman–Crippen MR) is 124 cm³/mol. The Bertz CT molecular complexity index is 1270. The second-order valence-corrected chi connectivity index (χ2v) is 8.23. The fourth-order valence-electron chi connectivity index (χ4n) is 4.44. The molecule has 3 aromatic carbocycles. The number of hydrogen-bond donors (Lipinski definition) is 0. The van der Waals surface area contributed by atoms with Crippen molar-refractivity contribution in [3.05, 3.63) is 100 Å². The molecule has 5 nitrogen and oxygen atoms in total. The van der Waals surface area contributed by atoms with Crippen LogP contribution in [0.3, 0.4) is 0 Å². The standard InChI is InChI=1S/C26H21ClN2O3/c1-32-22-12-5-4-11-21(22)23-24(28-14-13-17-7-2-3-8-18(17)16-28)26(31)29(25(23)30)20-10-6-9-19(27)15-20/h2-12,15H,13-14,16H2,1H3. The van der Waals surface area contributed by atoms with E-state index in [9.17, 15) is 9.59 Å². The highest BCUT2D eigenvalue weighted by Gasteiger charge is 2.43. The Labute approximate surface area is 191 Å². The normalized spacial score (nSPS) is 15.9. The predicted octanol–water partition coefficient (Wildman–Crippen LogP) is 4.69. The van der Waals surface area contributed by atoms with Crippen LogP contribution in [0, 0.1) is 0 Å². The number of anilines is 1. The van der Waals surface area contributed by atoms with E-state index in [0.29, 0.717) is 46.4 Å². The third-order valence-electron chi connectivity index (χ3n) is 5.95. The lowest BCUT2D eigenvalue weighted by Crippen LogP contribution is -2.37. The van der Waals surface area contributed by atoms with Gasteiger partial charge >= 0.3 is 0 Å². The van der Waals surface area contributed by atoms with E-state index in [1.54, 1.807) is 37.4 Å². The maximum atomic E-state index is 13.7. The fraction of sp³-hybridized carbons (Fsp3) is 0.154. The largest absolute Gasteiger partial charge is 0.496 e. The molecule has 0 radical (unpaired) electrons. The van der Waals surface area contributed by atoms with Crippen LogP contribution in [0.1, 0.15) is 16.7 Å². The number of benzene rings is 3. The molecule has 0 saturated carbocycles. The number of carbonyl (C=O) groups is 2. The number of rotatable bonds is 4. The van der Waals surface area contributed by atoms with Crippen molar-refractivity contribution in [2.24, 2.45) is 0 Å². The number of methoxy groups -OCH3 is 1. The SMILES string of the molecule is COc1ccccc1C1=C(N2CCc3ccccc3C2)C(=O)N(c2cccc(Cl)c2)C1=O. The quantitative estimate of drug-likeness (QED) is 0.548. The van der Waals surface area contributed by atoms with E-state index in [4.69, 9.17) is 16.3 Å². The number of ether oxygens (including phenoxy) is 1. The lowest BCUT2D eigenvalue weighted by atomic mass is 9.97. The molecule has 2 heterocycles. The molecule has 5 rings (SSSR count). The Balaban J connectivity index is 1.66. The summed E-state index contributed by atoms with van der Waals surface area (Å²) in [5.41, 5.74) is 4.23. The van der Waals surface area contributed by atoms with Crippen LogP contribution >= 0.6 is 11.6 Å². The van der Waals surface area contributed by atoms with Crippen molar-refractivity contribution < 1.29 is 14.3 Å². The molecule has 0 unspecified atom stereocenters. The van der Waals surface area contributed by atoms with Gasteiger partial charge in [-0.15, -0.1) is 0 Å². The Kier molecular flexibility index (Phi) is 5.19. The molecule has 2 aliphatic heterocycles. The summed E-state index contributed by atoms with van der Waals surface area (Å²) in [5, 5.41) is 0.460. The third-order valence-corrected chi connectivity index (χ3v) is 6.18. The van der Waals surface area contributed by atoms with Crippen LogP contribution in [-0.2, 0) is 22.6 Å². The van der Waals surface area contributed by atoms with Gasteiger partial charge in [-0.1, -0.05) is 60.1 Å². The van der Waals surface area contributed by atoms with Crippen molar-refractivity contribution in [2.45, 2.75) is 13.0 Å². The third kappa shape index (κ3) is 3.35. The first-order valence-electron chi connectivity index (χ1n) is 10.4. The number of nitrogens with zero attached hydrogens (tertiary/aromatic N) is 2. The molecule has 3 aromatic rings. The zero-order valence-electron chi connectivity index (χ0n) is 17.5. The number of hydrogen-bond acceptors (Lipinski definition) is 4. The highest BCUT2D eigenvalue weighted by molar-refractivity contribution is 6.46. The van der Waals surface area contributed by atoms with Crippen molar-refractivity contribution in [1.82, 2.24) is 4.90 Å². The molecule has 0 N–H and O–H groups in total. The van der Waals surface area contributed by atoms with Crippen molar-refractivity contribution in [2.75, 3.05) is 18.6 Å². The maximum Gasteiger partial charge on any atom is 0.282 e. The van der Waals surface area contributed by atoms with E-state index >= 15 is 0 Å². The van der Waals surface area contributed by atoms with E-state index in [0.717, 1.165) is 12.0 Å². The summed E-state index contributed by atoms with van der Waals surface area (Å²) in [6.07, 6.45) is 0.803. The molecule has 160 valence electrons. The lowest BCUT2D eigenvalue weighted by molar-refractivity contribution is -0.120. The van der Waals surface area contributed by atoms with E-state index in [2.05, 4.69) is 12.1 Å². The van der Waals surface area contributed by atoms with Gasteiger partial charge in [-0.2, -0.15) is 0 Å².